The number of halogens is 1. The number of aromatic nitrogens is 4. The Bertz CT molecular complexity index is 938. The molecular weight excluding hydrogens is 481 g/mol. The van der Waals surface area contributed by atoms with E-state index in [9.17, 15) is 0 Å². The average Bonchev–Trinajstić information content (AvgIpc) is 3.41. The van der Waals surface area contributed by atoms with E-state index in [0.717, 1.165) is 35.9 Å². The van der Waals surface area contributed by atoms with Crippen LogP contribution in [0.25, 0.3) is 5.69 Å². The molecule has 0 spiro atoms. The zero-order chi connectivity index (χ0) is 19.3. The Kier molecular flexibility index (Phi) is 7.26. The van der Waals surface area contributed by atoms with E-state index in [-0.39, 0.29) is 30.1 Å². The molecule has 1 fully saturated rings. The van der Waals surface area contributed by atoms with Gasteiger partial charge in [0.25, 0.3) is 0 Å². The first kappa shape index (κ1) is 21.3. The molecule has 9 heteroatoms. The first-order valence-corrected chi connectivity index (χ1v) is 9.38. The van der Waals surface area contributed by atoms with E-state index in [1.807, 2.05) is 55.6 Å². The van der Waals surface area contributed by atoms with Gasteiger partial charge in [-0.3, -0.25) is 9.67 Å². The summed E-state index contributed by atoms with van der Waals surface area (Å²) in [6, 6.07) is 10.2. The summed E-state index contributed by atoms with van der Waals surface area (Å²) in [5.41, 5.74) is 3.31. The Morgan fingerprint density at radius 2 is 2.14 bits per heavy atom. The van der Waals surface area contributed by atoms with Crippen LogP contribution in [0.4, 0.5) is 0 Å². The van der Waals surface area contributed by atoms with Gasteiger partial charge in [-0.15, -0.1) is 24.0 Å². The van der Waals surface area contributed by atoms with Gasteiger partial charge in [-0.25, -0.2) is 4.68 Å². The van der Waals surface area contributed by atoms with Gasteiger partial charge in [0.1, 0.15) is 6.10 Å². The van der Waals surface area contributed by atoms with Gasteiger partial charge in [0.15, 0.2) is 5.96 Å². The third-order valence-corrected chi connectivity index (χ3v) is 4.85. The van der Waals surface area contributed by atoms with Crippen molar-refractivity contribution in [2.24, 2.45) is 12.0 Å². The van der Waals surface area contributed by atoms with E-state index in [0.29, 0.717) is 13.2 Å². The molecule has 3 aromatic rings. The zero-order valence-corrected chi connectivity index (χ0v) is 18.9. The average molecular weight is 507 g/mol. The first-order chi connectivity index (χ1) is 13.7. The number of morpholine rings is 1. The zero-order valence-electron chi connectivity index (χ0n) is 16.6. The van der Waals surface area contributed by atoms with Crippen molar-refractivity contribution in [1.82, 2.24) is 29.8 Å². The maximum atomic E-state index is 5.94. The molecule has 1 aromatic carbocycles. The van der Waals surface area contributed by atoms with Crippen LogP contribution >= 0.6 is 24.0 Å². The summed E-state index contributed by atoms with van der Waals surface area (Å²) < 4.78 is 9.63. The Morgan fingerprint density at radius 1 is 1.28 bits per heavy atom. The molecule has 0 saturated carbocycles. The van der Waals surface area contributed by atoms with E-state index in [2.05, 4.69) is 37.5 Å². The van der Waals surface area contributed by atoms with Crippen LogP contribution in [0, 0.1) is 0 Å². The number of nitrogens with zero attached hydrogens (tertiary/aromatic N) is 6. The van der Waals surface area contributed by atoms with E-state index in [1.54, 1.807) is 10.9 Å². The van der Waals surface area contributed by atoms with E-state index < -0.39 is 0 Å². The monoisotopic (exact) mass is 507 g/mol. The quantitative estimate of drug-likeness (QED) is 0.334. The highest BCUT2D eigenvalue weighted by Gasteiger charge is 2.25. The number of aryl methyl sites for hydroxylation is 1. The minimum Gasteiger partial charge on any atom is -0.370 e. The highest BCUT2D eigenvalue weighted by Crippen LogP contribution is 2.22. The minimum absolute atomic E-state index is 0. The molecule has 1 aliphatic rings. The van der Waals surface area contributed by atoms with Crippen molar-refractivity contribution >= 4 is 29.9 Å². The molecule has 1 saturated heterocycles. The normalized spacial score (nSPS) is 17.1. The van der Waals surface area contributed by atoms with Crippen molar-refractivity contribution in [2.75, 3.05) is 26.7 Å². The first-order valence-electron chi connectivity index (χ1n) is 9.38. The minimum atomic E-state index is -0.00244. The lowest BCUT2D eigenvalue weighted by atomic mass is 10.1. The molecular formula is C20H26IN7O. The molecule has 1 aliphatic heterocycles. The van der Waals surface area contributed by atoms with Crippen molar-refractivity contribution in [3.63, 3.8) is 0 Å². The number of rotatable bonds is 4. The molecule has 1 N–H and O–H groups in total. The lowest BCUT2D eigenvalue weighted by Gasteiger charge is -2.34. The number of aliphatic imine (C=N–C) groups is 1. The molecule has 4 rings (SSSR count). The topological polar surface area (TPSA) is 72.5 Å². The van der Waals surface area contributed by atoms with Crippen molar-refractivity contribution in [2.45, 2.75) is 12.6 Å². The van der Waals surface area contributed by atoms with Gasteiger partial charge in [-0.1, -0.05) is 18.2 Å². The van der Waals surface area contributed by atoms with Crippen molar-refractivity contribution in [3.8, 4) is 5.69 Å². The van der Waals surface area contributed by atoms with Crippen molar-refractivity contribution in [1.29, 1.82) is 0 Å². The molecule has 0 amide bonds. The van der Waals surface area contributed by atoms with Gasteiger partial charge >= 0.3 is 0 Å². The van der Waals surface area contributed by atoms with E-state index >= 15 is 0 Å². The SMILES string of the molecule is CN=C(NCc1ccccc1-n1cccn1)N1CCOC(c2cnn(C)c2)C1.I. The van der Waals surface area contributed by atoms with Crippen LogP contribution < -0.4 is 5.32 Å². The molecule has 1 unspecified atom stereocenters. The third kappa shape index (κ3) is 4.96. The van der Waals surface area contributed by atoms with Gasteiger partial charge in [0.05, 0.1) is 25.0 Å². The predicted molar refractivity (Wildman–Crippen MR) is 123 cm³/mol. The number of hydrogen-bond donors (Lipinski definition) is 1. The van der Waals surface area contributed by atoms with Crippen molar-refractivity contribution in [3.05, 3.63) is 66.2 Å². The molecule has 8 nitrogen and oxygen atoms in total. The summed E-state index contributed by atoms with van der Waals surface area (Å²) in [7, 11) is 3.73. The number of nitrogens with one attached hydrogen (secondary N) is 1. The predicted octanol–water partition coefficient (Wildman–Crippen LogP) is 2.37. The second-order valence-corrected chi connectivity index (χ2v) is 6.73. The van der Waals surface area contributed by atoms with Crippen LogP contribution in [0.5, 0.6) is 0 Å². The maximum absolute atomic E-state index is 5.94. The summed E-state index contributed by atoms with van der Waals surface area (Å²) in [6.45, 7) is 2.87. The van der Waals surface area contributed by atoms with E-state index in [1.165, 1.54) is 0 Å². The standard InChI is InChI=1S/C20H25N7O.HI/c1-21-20(26-10-11-28-19(15-26)17-13-24-25(2)14-17)22-12-16-6-3-4-7-18(16)27-9-5-8-23-27;/h3-9,13-14,19H,10-12,15H2,1-2H3,(H,21,22);1H. The van der Waals surface area contributed by atoms with Crippen LogP contribution in [0.2, 0.25) is 0 Å². The van der Waals surface area contributed by atoms with Gasteiger partial charge in [0, 0.05) is 51.3 Å². The van der Waals surface area contributed by atoms with Gasteiger partial charge in [-0.2, -0.15) is 10.2 Å². The van der Waals surface area contributed by atoms with Crippen LogP contribution in [-0.2, 0) is 18.3 Å². The van der Waals surface area contributed by atoms with Crippen LogP contribution in [0.15, 0.2) is 60.1 Å². The molecule has 154 valence electrons. The number of para-hydroxylation sites is 1. The molecule has 0 aliphatic carbocycles. The highest BCUT2D eigenvalue weighted by molar-refractivity contribution is 14.0. The number of guanidine groups is 1. The van der Waals surface area contributed by atoms with E-state index in [4.69, 9.17) is 4.74 Å². The highest BCUT2D eigenvalue weighted by atomic mass is 127. The fourth-order valence-corrected chi connectivity index (χ4v) is 3.45. The smallest absolute Gasteiger partial charge is 0.194 e. The lowest BCUT2D eigenvalue weighted by molar-refractivity contribution is -0.00805. The van der Waals surface area contributed by atoms with Gasteiger partial charge < -0.3 is 15.0 Å². The second-order valence-electron chi connectivity index (χ2n) is 6.73. The van der Waals surface area contributed by atoms with Crippen LogP contribution in [0.1, 0.15) is 17.2 Å². The Labute approximate surface area is 187 Å². The van der Waals surface area contributed by atoms with Crippen LogP contribution in [-0.4, -0.2) is 57.2 Å². The fourth-order valence-electron chi connectivity index (χ4n) is 3.45. The molecule has 2 aromatic heterocycles. The summed E-state index contributed by atoms with van der Waals surface area (Å²) in [5, 5.41) is 12.1. The maximum Gasteiger partial charge on any atom is 0.194 e. The molecule has 29 heavy (non-hydrogen) atoms. The summed E-state index contributed by atoms with van der Waals surface area (Å²) in [4.78, 5) is 6.72. The Balaban J connectivity index is 0.00000240. The van der Waals surface area contributed by atoms with Crippen LogP contribution in [0.3, 0.4) is 0 Å². The molecule has 0 radical (unpaired) electrons. The van der Waals surface area contributed by atoms with Gasteiger partial charge in [-0.05, 0) is 17.7 Å². The largest absolute Gasteiger partial charge is 0.370 e. The van der Waals surface area contributed by atoms with Crippen molar-refractivity contribution < 1.29 is 4.74 Å². The summed E-state index contributed by atoms with van der Waals surface area (Å²) in [6.07, 6.45) is 7.61. The van der Waals surface area contributed by atoms with Gasteiger partial charge in [0.2, 0.25) is 0 Å². The lowest BCUT2D eigenvalue weighted by Crippen LogP contribution is -2.48. The number of ether oxygens (including phenoxy) is 1. The fraction of sp³-hybridized carbons (Fsp3) is 0.350. The third-order valence-electron chi connectivity index (χ3n) is 4.85. The Morgan fingerprint density at radius 3 is 2.86 bits per heavy atom. The Hall–Kier alpha value is -2.40. The molecule has 1 atom stereocenters. The summed E-state index contributed by atoms with van der Waals surface area (Å²) in [5.74, 6) is 0.868. The number of benzene rings is 1. The molecule has 3 heterocycles. The second kappa shape index (κ2) is 9.88. The molecule has 0 bridgehead atoms. The summed E-state index contributed by atoms with van der Waals surface area (Å²) >= 11 is 0. The number of hydrogen-bond acceptors (Lipinski definition) is 4.